The first-order valence-corrected chi connectivity index (χ1v) is 9.51. The predicted molar refractivity (Wildman–Crippen MR) is 92.4 cm³/mol. The summed E-state index contributed by atoms with van der Waals surface area (Å²) < 4.78 is 27.6. The molecule has 1 heterocycles. The molecule has 1 atom stereocenters. The highest BCUT2D eigenvalue weighted by molar-refractivity contribution is 7.89. The number of anilines is 1. The van der Waals surface area contributed by atoms with Gasteiger partial charge in [-0.25, -0.2) is 13.6 Å². The molecule has 1 fully saturated rings. The van der Waals surface area contributed by atoms with Gasteiger partial charge in [-0.3, -0.25) is 14.4 Å². The van der Waals surface area contributed by atoms with Gasteiger partial charge in [-0.15, -0.1) is 0 Å². The molecule has 0 aliphatic carbocycles. The minimum atomic E-state index is -3.89. The summed E-state index contributed by atoms with van der Waals surface area (Å²) in [6, 6.07) is 5.39. The lowest BCUT2D eigenvalue weighted by molar-refractivity contribution is -0.151. The van der Waals surface area contributed by atoms with Crippen molar-refractivity contribution in [3.63, 3.8) is 0 Å². The van der Waals surface area contributed by atoms with E-state index in [-0.39, 0.29) is 35.5 Å². The van der Waals surface area contributed by atoms with Crippen LogP contribution >= 0.6 is 0 Å². The molecule has 26 heavy (non-hydrogen) atoms. The van der Waals surface area contributed by atoms with Crippen LogP contribution in [-0.2, 0) is 29.1 Å². The number of nitrogens with one attached hydrogen (secondary N) is 1. The number of carbonyl (C=O) groups excluding carboxylic acids is 3. The Balaban J connectivity index is 1.88. The molecule has 0 radical (unpaired) electrons. The number of sulfonamides is 1. The summed E-state index contributed by atoms with van der Waals surface area (Å²) in [4.78, 5) is 37.2. The van der Waals surface area contributed by atoms with Crippen LogP contribution in [0.25, 0.3) is 0 Å². The summed E-state index contributed by atoms with van der Waals surface area (Å²) in [5, 5.41) is 7.45. The fourth-order valence-corrected chi connectivity index (χ4v) is 3.15. The Morgan fingerprint density at radius 3 is 2.65 bits per heavy atom. The zero-order chi connectivity index (χ0) is 19.5. The second kappa shape index (κ2) is 7.83. The number of likely N-dealkylation sites (tertiary alicyclic amines) is 1. The maximum absolute atomic E-state index is 12.0. The van der Waals surface area contributed by atoms with Crippen molar-refractivity contribution in [2.45, 2.75) is 31.2 Å². The molecule has 1 aromatic rings. The normalized spacial score (nSPS) is 17.5. The van der Waals surface area contributed by atoms with Gasteiger partial charge in [0, 0.05) is 24.7 Å². The van der Waals surface area contributed by atoms with Crippen LogP contribution in [0, 0.1) is 5.92 Å². The van der Waals surface area contributed by atoms with Gasteiger partial charge in [-0.1, -0.05) is 6.07 Å². The third-order valence-electron chi connectivity index (χ3n) is 3.91. The number of hydrogen-bond acceptors (Lipinski definition) is 6. The van der Waals surface area contributed by atoms with E-state index in [2.05, 4.69) is 5.32 Å². The lowest BCUT2D eigenvalue weighted by atomic mass is 10.1. The van der Waals surface area contributed by atoms with Gasteiger partial charge < -0.3 is 15.0 Å². The highest BCUT2D eigenvalue weighted by atomic mass is 32.2. The topological polar surface area (TPSA) is 136 Å². The van der Waals surface area contributed by atoms with Crippen molar-refractivity contribution in [2.75, 3.05) is 18.5 Å². The molecular formula is C16H21N3O6S. The summed E-state index contributed by atoms with van der Waals surface area (Å²) in [7, 11) is -3.89. The van der Waals surface area contributed by atoms with Crippen LogP contribution in [0.2, 0.25) is 0 Å². The largest absolute Gasteiger partial charge is 0.455 e. The molecule has 1 aromatic carbocycles. The van der Waals surface area contributed by atoms with E-state index in [1.807, 2.05) is 13.8 Å². The number of nitrogens with two attached hydrogens (primary N) is 1. The molecule has 142 valence electrons. The van der Waals surface area contributed by atoms with Crippen molar-refractivity contribution >= 4 is 33.5 Å². The third-order valence-corrected chi connectivity index (χ3v) is 4.82. The van der Waals surface area contributed by atoms with E-state index < -0.39 is 34.4 Å². The Morgan fingerprint density at radius 2 is 2.08 bits per heavy atom. The van der Waals surface area contributed by atoms with Crippen molar-refractivity contribution in [3.05, 3.63) is 24.3 Å². The van der Waals surface area contributed by atoms with Gasteiger partial charge in [0.2, 0.25) is 15.9 Å². The Kier molecular flexibility index (Phi) is 5.98. The van der Waals surface area contributed by atoms with Crippen LogP contribution in [0.4, 0.5) is 5.69 Å². The highest BCUT2D eigenvalue weighted by Crippen LogP contribution is 2.21. The molecule has 1 aliphatic heterocycles. The summed E-state index contributed by atoms with van der Waals surface area (Å²) >= 11 is 0. The lowest BCUT2D eigenvalue weighted by Crippen LogP contribution is -2.33. The van der Waals surface area contributed by atoms with Gasteiger partial charge in [-0.05, 0) is 32.0 Å². The second-order valence-electron chi connectivity index (χ2n) is 6.27. The molecule has 3 N–H and O–H groups in total. The molecule has 1 unspecified atom stereocenters. The van der Waals surface area contributed by atoms with Crippen LogP contribution in [0.1, 0.15) is 20.3 Å². The van der Waals surface area contributed by atoms with E-state index in [1.54, 1.807) is 4.90 Å². The third kappa shape index (κ3) is 5.02. The predicted octanol–water partition coefficient (Wildman–Crippen LogP) is 0.0726. The van der Waals surface area contributed by atoms with Crippen molar-refractivity contribution in [2.24, 2.45) is 11.1 Å². The molecule has 0 bridgehead atoms. The van der Waals surface area contributed by atoms with E-state index >= 15 is 0 Å². The van der Waals surface area contributed by atoms with Crippen molar-refractivity contribution in [1.82, 2.24) is 4.90 Å². The Bertz CT molecular complexity index is 821. The fourth-order valence-electron chi connectivity index (χ4n) is 2.59. The number of esters is 1. The van der Waals surface area contributed by atoms with Crippen LogP contribution < -0.4 is 10.5 Å². The first-order valence-electron chi connectivity index (χ1n) is 7.96. The molecule has 2 amide bonds. The zero-order valence-electron chi connectivity index (χ0n) is 14.5. The second-order valence-corrected chi connectivity index (χ2v) is 7.83. The first-order chi connectivity index (χ1) is 12.1. The molecular weight excluding hydrogens is 362 g/mol. The number of hydrogen-bond donors (Lipinski definition) is 2. The molecule has 9 nitrogen and oxygen atoms in total. The van der Waals surface area contributed by atoms with Gasteiger partial charge in [0.05, 0.1) is 10.8 Å². The van der Waals surface area contributed by atoms with E-state index in [0.717, 1.165) is 0 Å². The van der Waals surface area contributed by atoms with Gasteiger partial charge in [0.25, 0.3) is 5.91 Å². The minimum absolute atomic E-state index is 0.00491. The fraction of sp³-hybridized carbons (Fsp3) is 0.438. The van der Waals surface area contributed by atoms with Crippen LogP contribution in [0.5, 0.6) is 0 Å². The number of ether oxygens (including phenoxy) is 1. The number of rotatable bonds is 6. The average molecular weight is 383 g/mol. The van der Waals surface area contributed by atoms with E-state index in [4.69, 9.17) is 9.88 Å². The SMILES string of the molecule is CC(C)N1CC(C(=O)OCC(=O)Nc2cccc(S(N)(=O)=O)c2)CC1=O. The Morgan fingerprint density at radius 1 is 1.38 bits per heavy atom. The van der Waals surface area contributed by atoms with Crippen LogP contribution in [0.3, 0.4) is 0 Å². The number of amides is 2. The van der Waals surface area contributed by atoms with Crippen LogP contribution in [0.15, 0.2) is 29.2 Å². The summed E-state index contributed by atoms with van der Waals surface area (Å²) in [5.41, 5.74) is 0.208. The maximum Gasteiger partial charge on any atom is 0.311 e. The molecule has 2 rings (SSSR count). The molecule has 1 saturated heterocycles. The molecule has 10 heteroatoms. The highest BCUT2D eigenvalue weighted by Gasteiger charge is 2.36. The first kappa shape index (κ1) is 19.9. The Labute approximate surface area is 151 Å². The van der Waals surface area contributed by atoms with Gasteiger partial charge >= 0.3 is 5.97 Å². The lowest BCUT2D eigenvalue weighted by Gasteiger charge is -2.20. The summed E-state index contributed by atoms with van der Waals surface area (Å²) in [6.45, 7) is 3.45. The molecule has 0 aromatic heterocycles. The van der Waals surface area contributed by atoms with E-state index in [1.165, 1.54) is 24.3 Å². The smallest absolute Gasteiger partial charge is 0.311 e. The van der Waals surface area contributed by atoms with Gasteiger partial charge in [0.1, 0.15) is 0 Å². The van der Waals surface area contributed by atoms with Crippen molar-refractivity contribution in [3.8, 4) is 0 Å². The van der Waals surface area contributed by atoms with Crippen molar-refractivity contribution in [1.29, 1.82) is 0 Å². The monoisotopic (exact) mass is 383 g/mol. The van der Waals surface area contributed by atoms with Gasteiger partial charge in [0.15, 0.2) is 6.61 Å². The van der Waals surface area contributed by atoms with Gasteiger partial charge in [-0.2, -0.15) is 0 Å². The number of nitrogens with zero attached hydrogens (tertiary/aromatic N) is 1. The maximum atomic E-state index is 12.0. The zero-order valence-corrected chi connectivity index (χ0v) is 15.3. The minimum Gasteiger partial charge on any atom is -0.455 e. The van der Waals surface area contributed by atoms with E-state index in [0.29, 0.717) is 0 Å². The summed E-state index contributed by atoms with van der Waals surface area (Å²) in [6.07, 6.45) is 0.0645. The van der Waals surface area contributed by atoms with Crippen LogP contribution in [-0.4, -0.2) is 50.3 Å². The number of carbonyl (C=O) groups is 3. The standard InChI is InChI=1S/C16H21N3O6S/c1-10(2)19-8-11(6-15(19)21)16(22)25-9-14(20)18-12-4-3-5-13(7-12)26(17,23)24/h3-5,7,10-11H,6,8-9H2,1-2H3,(H,18,20)(H2,17,23,24). The van der Waals surface area contributed by atoms with Crippen molar-refractivity contribution < 1.29 is 27.5 Å². The quantitative estimate of drug-likeness (QED) is 0.667. The Hall–Kier alpha value is -2.46. The molecule has 0 saturated carbocycles. The van der Waals surface area contributed by atoms with E-state index in [9.17, 15) is 22.8 Å². The molecule has 1 aliphatic rings. The summed E-state index contributed by atoms with van der Waals surface area (Å²) in [5.74, 6) is -1.96. The average Bonchev–Trinajstić information content (AvgIpc) is 2.94. The number of benzene rings is 1. The number of primary sulfonamides is 1. The molecule has 0 spiro atoms.